The molecule has 0 spiro atoms. The molecule has 0 bridgehead atoms. The van der Waals surface area contributed by atoms with E-state index >= 15 is 0 Å². The minimum absolute atomic E-state index is 0.395. The van der Waals surface area contributed by atoms with Crippen molar-refractivity contribution in [3.63, 3.8) is 0 Å². The molecule has 0 aliphatic heterocycles. The first-order valence-electron chi connectivity index (χ1n) is 25.2. The first-order valence-corrected chi connectivity index (χ1v) is 25.2. The molecule has 0 heterocycles. The summed E-state index contributed by atoms with van der Waals surface area (Å²) in [6.45, 7) is 15.2. The van der Waals surface area contributed by atoms with Crippen LogP contribution in [0.5, 0.6) is 0 Å². The fourth-order valence-electron chi connectivity index (χ4n) is 9.22. The molecular formula is C51H99NO2. The van der Waals surface area contributed by atoms with Gasteiger partial charge in [0.2, 0.25) is 0 Å². The van der Waals surface area contributed by atoms with Gasteiger partial charge in [-0.3, -0.25) is 4.79 Å². The zero-order chi connectivity index (χ0) is 39.3. The van der Waals surface area contributed by atoms with Crippen LogP contribution in [0.25, 0.3) is 0 Å². The second-order valence-corrected chi connectivity index (χ2v) is 18.5. The third-order valence-electron chi connectivity index (χ3n) is 13.3. The first kappa shape index (κ1) is 51.3. The molecule has 3 unspecified atom stereocenters. The van der Waals surface area contributed by atoms with Crippen LogP contribution in [0.2, 0.25) is 0 Å². The first-order chi connectivity index (χ1) is 26.5. The zero-order valence-corrected chi connectivity index (χ0v) is 37.8. The van der Waals surface area contributed by atoms with Crippen molar-refractivity contribution in [1.82, 2.24) is 4.90 Å². The van der Waals surface area contributed by atoms with Gasteiger partial charge in [-0.1, -0.05) is 202 Å². The molecule has 2 aliphatic rings. The van der Waals surface area contributed by atoms with Crippen LogP contribution in [0.4, 0.5) is 0 Å². The highest BCUT2D eigenvalue weighted by atomic mass is 16.1. The highest BCUT2D eigenvalue weighted by Gasteiger charge is 2.37. The predicted octanol–water partition coefficient (Wildman–Crippen LogP) is 16.3. The lowest BCUT2D eigenvalue weighted by Crippen LogP contribution is -2.35. The Balaban J connectivity index is 0.000000806. The minimum Gasteiger partial charge on any atom is -0.303 e. The van der Waals surface area contributed by atoms with E-state index < -0.39 is 0 Å². The van der Waals surface area contributed by atoms with E-state index in [2.05, 4.69) is 39.5 Å². The molecule has 2 saturated carbocycles. The molecule has 0 radical (unpaired) electrons. The van der Waals surface area contributed by atoms with Crippen LogP contribution in [-0.2, 0) is 9.59 Å². The Morgan fingerprint density at radius 2 is 0.981 bits per heavy atom. The minimum atomic E-state index is 0.395. The number of carbonyl (C=O) groups excluding carboxylic acids is 2. The smallest absolute Gasteiger partial charge is 0.135 e. The van der Waals surface area contributed by atoms with Gasteiger partial charge in [0.05, 0.1) is 0 Å². The summed E-state index contributed by atoms with van der Waals surface area (Å²) in [5.41, 5.74) is 0. The van der Waals surface area contributed by atoms with Crippen molar-refractivity contribution in [2.45, 2.75) is 266 Å². The Kier molecular flexibility index (Phi) is 36.0. The maximum absolute atomic E-state index is 12.8. The summed E-state index contributed by atoms with van der Waals surface area (Å²) in [7, 11) is 0. The van der Waals surface area contributed by atoms with Crippen molar-refractivity contribution in [2.75, 3.05) is 19.6 Å². The van der Waals surface area contributed by atoms with Crippen LogP contribution in [0.15, 0.2) is 0 Å². The van der Waals surface area contributed by atoms with E-state index in [1.807, 2.05) is 0 Å². The monoisotopic (exact) mass is 758 g/mol. The lowest BCUT2D eigenvalue weighted by atomic mass is 9.64. The van der Waals surface area contributed by atoms with Crippen molar-refractivity contribution >= 4 is 12.1 Å². The molecule has 0 aromatic carbocycles. The highest BCUT2D eigenvalue weighted by Crippen LogP contribution is 2.44. The zero-order valence-electron chi connectivity index (χ0n) is 37.8. The van der Waals surface area contributed by atoms with Gasteiger partial charge in [0.1, 0.15) is 12.1 Å². The Morgan fingerprint density at radius 1 is 0.537 bits per heavy atom. The summed E-state index contributed by atoms with van der Waals surface area (Å²) >= 11 is 0. The van der Waals surface area contributed by atoms with Crippen molar-refractivity contribution in [2.24, 2.45) is 29.6 Å². The number of unbranched alkanes of at least 4 members (excludes halogenated alkanes) is 23. The van der Waals surface area contributed by atoms with Crippen molar-refractivity contribution in [3.8, 4) is 0 Å². The maximum Gasteiger partial charge on any atom is 0.135 e. The molecule has 0 aromatic rings. The Hall–Kier alpha value is -0.700. The molecule has 0 aromatic heterocycles. The summed E-state index contributed by atoms with van der Waals surface area (Å²) in [6, 6.07) is 0. The third kappa shape index (κ3) is 29.5. The number of nitrogens with zero attached hydrogens (tertiary/aromatic N) is 1. The van der Waals surface area contributed by atoms with Gasteiger partial charge in [-0.15, -0.1) is 0 Å². The molecule has 2 rings (SSSR count). The van der Waals surface area contributed by atoms with Gasteiger partial charge in [-0.25, -0.2) is 0 Å². The van der Waals surface area contributed by atoms with Crippen LogP contribution in [0.3, 0.4) is 0 Å². The number of carbonyl (C=O) groups is 2. The largest absolute Gasteiger partial charge is 0.303 e. The fourth-order valence-corrected chi connectivity index (χ4v) is 9.22. The molecule has 3 atom stereocenters. The molecule has 3 nitrogen and oxygen atoms in total. The molecular weight excluding hydrogens is 659 g/mol. The number of Topliss-reactive ketones (excluding diaryl/α,β-unsaturated/α-hetero) is 1. The highest BCUT2D eigenvalue weighted by molar-refractivity contribution is 5.81. The number of ketones is 1. The van der Waals surface area contributed by atoms with E-state index in [9.17, 15) is 9.59 Å². The standard InChI is InChI=1S/C36H69NO2.C15H30/c1-4-7-9-11-13-19-25-33(24-18-10-8-5-2)34-31-35(32-34)36(39)26-20-14-12-15-21-28-37(27-6-3)29-22-16-17-23-30-38;1-3-4-5-6-7-8-9-10-11-12-15-13-14(15)2/h30,33-35H,4-29,31-32H2,1-3H3;14-15H,3-13H2,1-2H3. The Morgan fingerprint density at radius 3 is 1.48 bits per heavy atom. The Bertz CT molecular complexity index is 805. The number of aldehydes is 1. The molecule has 0 saturated heterocycles. The van der Waals surface area contributed by atoms with Gasteiger partial charge >= 0.3 is 0 Å². The molecule has 320 valence electrons. The van der Waals surface area contributed by atoms with Crippen molar-refractivity contribution < 1.29 is 9.59 Å². The second kappa shape index (κ2) is 37.9. The lowest BCUT2D eigenvalue weighted by molar-refractivity contribution is -0.128. The summed E-state index contributed by atoms with van der Waals surface area (Å²) in [5.74, 6) is 4.90. The third-order valence-corrected chi connectivity index (χ3v) is 13.3. The average molecular weight is 758 g/mol. The van der Waals surface area contributed by atoms with Gasteiger partial charge in [-0.2, -0.15) is 0 Å². The topological polar surface area (TPSA) is 37.4 Å². The van der Waals surface area contributed by atoms with Crippen LogP contribution in [-0.4, -0.2) is 36.6 Å². The van der Waals surface area contributed by atoms with E-state index in [-0.39, 0.29) is 0 Å². The van der Waals surface area contributed by atoms with Crippen LogP contribution in [0.1, 0.15) is 266 Å². The summed E-state index contributed by atoms with van der Waals surface area (Å²) in [6.07, 6.45) is 48.9. The SMILES string of the molecule is CCCCCCCCC(CCCCCC)C1CC(C(=O)CCCCCCCN(CCC)CCCCCC=O)C1.CCCCCCCCCCCC1CC1C. The lowest BCUT2D eigenvalue weighted by Gasteiger charge is -2.40. The summed E-state index contributed by atoms with van der Waals surface area (Å²) in [5, 5.41) is 0. The van der Waals surface area contributed by atoms with Gasteiger partial charge in [0.15, 0.2) is 0 Å². The number of hydrogen-bond donors (Lipinski definition) is 0. The molecule has 2 aliphatic carbocycles. The predicted molar refractivity (Wildman–Crippen MR) is 240 cm³/mol. The van der Waals surface area contributed by atoms with Gasteiger partial charge < -0.3 is 9.69 Å². The van der Waals surface area contributed by atoms with E-state index in [0.29, 0.717) is 11.7 Å². The van der Waals surface area contributed by atoms with Crippen LogP contribution < -0.4 is 0 Å². The van der Waals surface area contributed by atoms with Crippen LogP contribution >= 0.6 is 0 Å². The second-order valence-electron chi connectivity index (χ2n) is 18.5. The Labute approximate surface area is 340 Å². The van der Waals surface area contributed by atoms with E-state index in [1.54, 1.807) is 0 Å². The average Bonchev–Trinajstić information content (AvgIpc) is 3.86. The normalized spacial score (nSPS) is 19.7. The quantitative estimate of drug-likeness (QED) is 0.0461. The summed E-state index contributed by atoms with van der Waals surface area (Å²) in [4.78, 5) is 25.9. The van der Waals surface area contributed by atoms with E-state index in [1.165, 1.54) is 225 Å². The molecule has 0 amide bonds. The van der Waals surface area contributed by atoms with Crippen molar-refractivity contribution in [3.05, 3.63) is 0 Å². The van der Waals surface area contributed by atoms with Crippen LogP contribution in [0, 0.1) is 29.6 Å². The van der Waals surface area contributed by atoms with Gasteiger partial charge in [0, 0.05) is 18.8 Å². The molecule has 0 N–H and O–H groups in total. The van der Waals surface area contributed by atoms with E-state index in [0.717, 1.165) is 55.6 Å². The van der Waals surface area contributed by atoms with Gasteiger partial charge in [0.25, 0.3) is 0 Å². The summed E-state index contributed by atoms with van der Waals surface area (Å²) < 4.78 is 0. The number of rotatable bonds is 40. The van der Waals surface area contributed by atoms with Crippen molar-refractivity contribution in [1.29, 1.82) is 0 Å². The fraction of sp³-hybridized carbons (Fsp3) is 0.961. The van der Waals surface area contributed by atoms with Gasteiger partial charge in [-0.05, 0) is 94.7 Å². The molecule has 3 heteroatoms. The molecule has 2 fully saturated rings. The maximum atomic E-state index is 12.8. The molecule has 54 heavy (non-hydrogen) atoms. The number of hydrogen-bond acceptors (Lipinski definition) is 3. The van der Waals surface area contributed by atoms with E-state index in [4.69, 9.17) is 0 Å².